The van der Waals surface area contributed by atoms with Gasteiger partial charge in [0.05, 0.1) is 0 Å². The fourth-order valence-electron chi connectivity index (χ4n) is 1.99. The molecule has 0 aromatic heterocycles. The molecule has 3 nitrogen and oxygen atoms in total. The molecule has 0 radical (unpaired) electrons. The number of carbonyl (C=O) groups is 1. The normalized spacial score (nSPS) is 17.5. The van der Waals surface area contributed by atoms with E-state index in [1.54, 1.807) is 0 Å². The first-order valence-corrected chi connectivity index (χ1v) is 6.05. The Morgan fingerprint density at radius 2 is 1.89 bits per heavy atom. The number of hydrogen-bond acceptors (Lipinski definition) is 2. The molecule has 8 heteroatoms. The average Bonchev–Trinajstić information content (AvgIpc) is 2.35. The van der Waals surface area contributed by atoms with Crippen LogP contribution in [0, 0.1) is 5.92 Å². The Hall–Kier alpha value is -0.560. The van der Waals surface area contributed by atoms with Crippen LogP contribution in [-0.4, -0.2) is 49.3 Å². The van der Waals surface area contributed by atoms with Crippen LogP contribution < -0.4 is 5.32 Å². The van der Waals surface area contributed by atoms with E-state index in [1.165, 1.54) is 0 Å². The lowest BCUT2D eigenvalue weighted by molar-refractivity contribution is -0.181. The highest BCUT2D eigenvalue weighted by molar-refractivity contribution is 5.85. The number of alkyl halides is 4. The molecule has 1 saturated heterocycles. The topological polar surface area (TPSA) is 32.3 Å². The summed E-state index contributed by atoms with van der Waals surface area (Å²) in [5, 5.41) is 3.14. The molecule has 0 aromatic carbocycles. The molecule has 0 unspecified atom stereocenters. The Morgan fingerprint density at radius 1 is 1.37 bits per heavy atom. The predicted molar refractivity (Wildman–Crippen MR) is 66.0 cm³/mol. The zero-order valence-electron chi connectivity index (χ0n) is 10.7. The highest BCUT2D eigenvalue weighted by atomic mass is 35.5. The maximum absolute atomic E-state index is 12.9. The zero-order valence-corrected chi connectivity index (χ0v) is 11.5. The number of nitrogens with zero attached hydrogens (tertiary/aromatic N) is 1. The van der Waals surface area contributed by atoms with E-state index in [0.29, 0.717) is 18.8 Å². The highest BCUT2D eigenvalue weighted by Gasteiger charge is 2.51. The third-order valence-electron chi connectivity index (χ3n) is 3.14. The molecule has 0 atom stereocenters. The molecule has 0 bridgehead atoms. The number of hydrogen-bond donors (Lipinski definition) is 1. The van der Waals surface area contributed by atoms with E-state index in [0.717, 1.165) is 18.0 Å². The van der Waals surface area contributed by atoms with Crippen molar-refractivity contribution in [3.63, 3.8) is 0 Å². The lowest BCUT2D eigenvalue weighted by atomic mass is 9.96. The second-order valence-corrected chi connectivity index (χ2v) is 4.47. The molecule has 0 aromatic rings. The summed E-state index contributed by atoms with van der Waals surface area (Å²) in [6, 6.07) is 0. The number of likely N-dealkylation sites (tertiary alicyclic amines) is 1. The van der Waals surface area contributed by atoms with Crippen molar-refractivity contribution in [1.29, 1.82) is 0 Å². The summed E-state index contributed by atoms with van der Waals surface area (Å²) in [5.41, 5.74) is 0. The molecule has 1 rings (SSSR count). The van der Waals surface area contributed by atoms with Crippen molar-refractivity contribution in [2.24, 2.45) is 5.92 Å². The summed E-state index contributed by atoms with van der Waals surface area (Å²) >= 11 is 0. The lowest BCUT2D eigenvalue weighted by Gasteiger charge is -2.33. The van der Waals surface area contributed by atoms with Gasteiger partial charge in [0, 0.05) is 13.1 Å². The smallest absolute Gasteiger partial charge is 0.337 e. The molecule has 19 heavy (non-hydrogen) atoms. The van der Waals surface area contributed by atoms with Crippen molar-refractivity contribution in [3.8, 4) is 0 Å². The minimum Gasteiger partial charge on any atom is -0.337 e. The van der Waals surface area contributed by atoms with Crippen LogP contribution in [0.1, 0.15) is 19.8 Å². The largest absolute Gasteiger partial charge is 0.383 e. The van der Waals surface area contributed by atoms with Gasteiger partial charge < -0.3 is 10.2 Å². The van der Waals surface area contributed by atoms with Crippen LogP contribution in [0.4, 0.5) is 17.6 Å². The van der Waals surface area contributed by atoms with Crippen molar-refractivity contribution in [2.75, 3.05) is 26.2 Å². The van der Waals surface area contributed by atoms with Crippen molar-refractivity contribution in [3.05, 3.63) is 0 Å². The average molecular weight is 307 g/mol. The minimum absolute atomic E-state index is 0. The van der Waals surface area contributed by atoms with E-state index in [2.05, 4.69) is 5.32 Å². The molecule has 1 aliphatic heterocycles. The van der Waals surface area contributed by atoms with Crippen LogP contribution >= 0.6 is 12.4 Å². The van der Waals surface area contributed by atoms with Crippen molar-refractivity contribution >= 4 is 18.3 Å². The molecule has 0 aliphatic carbocycles. The van der Waals surface area contributed by atoms with Crippen molar-refractivity contribution in [2.45, 2.75) is 32.1 Å². The van der Waals surface area contributed by atoms with Gasteiger partial charge in [-0.1, -0.05) is 6.92 Å². The first kappa shape index (κ1) is 18.4. The van der Waals surface area contributed by atoms with Gasteiger partial charge in [-0.15, -0.1) is 12.4 Å². The van der Waals surface area contributed by atoms with Crippen LogP contribution in [0.25, 0.3) is 0 Å². The number of rotatable bonds is 5. The second kappa shape index (κ2) is 7.89. The molecule has 1 aliphatic rings. The number of halogens is 5. The first-order chi connectivity index (χ1) is 8.39. The summed E-state index contributed by atoms with van der Waals surface area (Å²) < 4.78 is 49.8. The third-order valence-corrected chi connectivity index (χ3v) is 3.14. The van der Waals surface area contributed by atoms with E-state index in [1.807, 2.05) is 6.92 Å². The molecule has 1 heterocycles. The Kier molecular flexibility index (Phi) is 7.66. The summed E-state index contributed by atoms with van der Waals surface area (Å²) in [4.78, 5) is 12.1. The Morgan fingerprint density at radius 3 is 2.32 bits per heavy atom. The molecule has 1 amide bonds. The fourth-order valence-corrected chi connectivity index (χ4v) is 1.99. The summed E-state index contributed by atoms with van der Waals surface area (Å²) in [6.45, 7) is 3.79. The van der Waals surface area contributed by atoms with E-state index < -0.39 is 18.3 Å². The first-order valence-electron chi connectivity index (χ1n) is 6.05. The van der Waals surface area contributed by atoms with Gasteiger partial charge in [-0.2, -0.15) is 8.78 Å². The minimum atomic E-state index is -4.56. The fraction of sp³-hybridized carbons (Fsp3) is 0.909. The van der Waals surface area contributed by atoms with Crippen LogP contribution in [0.2, 0.25) is 0 Å². The molecular weight excluding hydrogens is 288 g/mol. The van der Waals surface area contributed by atoms with Crippen molar-refractivity contribution in [1.82, 2.24) is 10.2 Å². The number of carbonyl (C=O) groups excluding carboxylic acids is 1. The SMILES string of the molecule is CCNCC1CCN(C(=O)C(F)(F)C(F)F)CC1.Cl. The van der Waals surface area contributed by atoms with E-state index in [4.69, 9.17) is 0 Å². The zero-order chi connectivity index (χ0) is 13.8. The monoisotopic (exact) mass is 306 g/mol. The molecule has 114 valence electrons. The van der Waals surface area contributed by atoms with E-state index in [-0.39, 0.29) is 25.5 Å². The van der Waals surface area contributed by atoms with Gasteiger partial charge in [0.15, 0.2) is 0 Å². The molecule has 1 N–H and O–H groups in total. The summed E-state index contributed by atoms with van der Waals surface area (Å²) in [5.74, 6) is -6.00. The molecule has 0 spiro atoms. The standard InChI is InChI=1S/C11H18F4N2O.ClH/c1-2-16-7-8-3-5-17(6-4-8)10(18)11(14,15)9(12)13;/h8-9,16H,2-7H2,1H3;1H. The van der Waals surface area contributed by atoms with E-state index in [9.17, 15) is 22.4 Å². The highest BCUT2D eigenvalue weighted by Crippen LogP contribution is 2.27. The van der Waals surface area contributed by atoms with Gasteiger partial charge in [0.25, 0.3) is 5.91 Å². The van der Waals surface area contributed by atoms with Gasteiger partial charge >= 0.3 is 12.3 Å². The van der Waals surface area contributed by atoms with Gasteiger partial charge in [-0.3, -0.25) is 4.79 Å². The Bertz CT molecular complexity index is 284. The quantitative estimate of drug-likeness (QED) is 0.790. The maximum Gasteiger partial charge on any atom is 0.383 e. The Balaban J connectivity index is 0.00000324. The predicted octanol–water partition coefficient (Wildman–Crippen LogP) is 2.16. The van der Waals surface area contributed by atoms with E-state index >= 15 is 0 Å². The summed E-state index contributed by atoms with van der Waals surface area (Å²) in [6.07, 6.45) is -2.81. The molecular formula is C11H19ClF4N2O. The third kappa shape index (κ3) is 4.80. The lowest BCUT2D eigenvalue weighted by Crippen LogP contribution is -2.50. The van der Waals surface area contributed by atoms with Gasteiger partial charge in [-0.25, -0.2) is 8.78 Å². The van der Waals surface area contributed by atoms with Crippen LogP contribution in [0.5, 0.6) is 0 Å². The van der Waals surface area contributed by atoms with Crippen LogP contribution in [0.3, 0.4) is 0 Å². The summed E-state index contributed by atoms with van der Waals surface area (Å²) in [7, 11) is 0. The number of nitrogens with one attached hydrogen (secondary N) is 1. The molecule has 0 saturated carbocycles. The van der Waals surface area contributed by atoms with Crippen LogP contribution in [-0.2, 0) is 4.79 Å². The van der Waals surface area contributed by atoms with Gasteiger partial charge in [0.2, 0.25) is 0 Å². The second-order valence-electron chi connectivity index (χ2n) is 4.47. The number of amides is 1. The number of piperidine rings is 1. The molecule has 1 fully saturated rings. The van der Waals surface area contributed by atoms with Gasteiger partial charge in [0.1, 0.15) is 0 Å². The Labute approximate surface area is 116 Å². The van der Waals surface area contributed by atoms with Crippen molar-refractivity contribution < 1.29 is 22.4 Å². The van der Waals surface area contributed by atoms with Crippen LogP contribution in [0.15, 0.2) is 0 Å². The van der Waals surface area contributed by atoms with Gasteiger partial charge in [-0.05, 0) is 31.8 Å². The maximum atomic E-state index is 12.9.